The molecular formula is C11H17F2N3O3. The molecular weight excluding hydrogens is 260 g/mol. The van der Waals surface area contributed by atoms with Crippen LogP contribution < -0.4 is 5.32 Å². The zero-order chi connectivity index (χ0) is 13.5. The van der Waals surface area contributed by atoms with Crippen LogP contribution in [0.4, 0.5) is 8.78 Å². The Labute approximate surface area is 109 Å². The summed E-state index contributed by atoms with van der Waals surface area (Å²) in [5.74, 6) is 0.964. The molecule has 1 atom stereocenters. The Morgan fingerprint density at radius 3 is 3.11 bits per heavy atom. The monoisotopic (exact) mass is 277 g/mol. The first-order valence-corrected chi connectivity index (χ1v) is 6.23. The van der Waals surface area contributed by atoms with Crippen molar-refractivity contribution in [3.05, 3.63) is 11.7 Å². The Balaban J connectivity index is 1.69. The molecule has 2 heterocycles. The highest BCUT2D eigenvalue weighted by Crippen LogP contribution is 2.06. The second kappa shape index (κ2) is 7.46. The first-order chi connectivity index (χ1) is 9.24. The molecule has 1 fully saturated rings. The highest BCUT2D eigenvalue weighted by atomic mass is 19.3. The van der Waals surface area contributed by atoms with Gasteiger partial charge in [-0.1, -0.05) is 5.16 Å². The number of nitrogens with zero attached hydrogens (tertiary/aromatic N) is 2. The standard InChI is InChI=1S/C11H17F2N3O3/c12-9(13)7-17-3-1-10-15-11(19-16-10)5-8-6-14-2-4-18-8/h8-9,14H,1-7H2. The Bertz CT molecular complexity index is 370. The van der Waals surface area contributed by atoms with E-state index >= 15 is 0 Å². The fraction of sp³-hybridized carbons (Fsp3) is 0.818. The summed E-state index contributed by atoms with van der Waals surface area (Å²) in [7, 11) is 0. The third-order valence-electron chi connectivity index (χ3n) is 2.63. The lowest BCUT2D eigenvalue weighted by Crippen LogP contribution is -2.39. The zero-order valence-corrected chi connectivity index (χ0v) is 10.5. The molecule has 0 bridgehead atoms. The summed E-state index contributed by atoms with van der Waals surface area (Å²) in [5, 5.41) is 6.98. The minimum Gasteiger partial charge on any atom is -0.375 e. The third kappa shape index (κ3) is 5.17. The first-order valence-electron chi connectivity index (χ1n) is 6.23. The molecule has 1 unspecified atom stereocenters. The predicted octanol–water partition coefficient (Wildman–Crippen LogP) is 0.425. The van der Waals surface area contributed by atoms with E-state index in [0.717, 1.165) is 13.1 Å². The van der Waals surface area contributed by atoms with Crippen LogP contribution in [-0.4, -0.2) is 55.6 Å². The molecule has 0 radical (unpaired) electrons. The van der Waals surface area contributed by atoms with Crippen LogP contribution >= 0.6 is 0 Å². The molecule has 8 heteroatoms. The minimum atomic E-state index is -2.45. The van der Waals surface area contributed by atoms with Gasteiger partial charge in [0.05, 0.1) is 25.7 Å². The number of hydrogen-bond donors (Lipinski definition) is 1. The van der Waals surface area contributed by atoms with Crippen molar-refractivity contribution in [2.45, 2.75) is 25.4 Å². The average Bonchev–Trinajstić information content (AvgIpc) is 2.83. The highest BCUT2D eigenvalue weighted by Gasteiger charge is 2.17. The van der Waals surface area contributed by atoms with Crippen molar-refractivity contribution in [3.63, 3.8) is 0 Å². The molecule has 0 amide bonds. The summed E-state index contributed by atoms with van der Waals surface area (Å²) in [6.45, 7) is 1.88. The van der Waals surface area contributed by atoms with Crippen molar-refractivity contribution in [2.24, 2.45) is 0 Å². The van der Waals surface area contributed by atoms with Gasteiger partial charge < -0.3 is 19.3 Å². The summed E-state index contributed by atoms with van der Waals surface area (Å²) < 4.78 is 39.0. The fourth-order valence-electron chi connectivity index (χ4n) is 1.76. The van der Waals surface area contributed by atoms with E-state index in [1.165, 1.54) is 0 Å². The van der Waals surface area contributed by atoms with Crippen molar-refractivity contribution in [1.82, 2.24) is 15.5 Å². The molecule has 2 rings (SSSR count). The van der Waals surface area contributed by atoms with Crippen LogP contribution in [0, 0.1) is 0 Å². The van der Waals surface area contributed by atoms with E-state index in [9.17, 15) is 8.78 Å². The Hall–Kier alpha value is -1.12. The van der Waals surface area contributed by atoms with Gasteiger partial charge in [-0.15, -0.1) is 0 Å². The molecule has 1 aliphatic heterocycles. The van der Waals surface area contributed by atoms with Crippen LogP contribution in [0.15, 0.2) is 4.52 Å². The lowest BCUT2D eigenvalue weighted by atomic mass is 10.2. The van der Waals surface area contributed by atoms with E-state index in [2.05, 4.69) is 15.5 Å². The molecule has 1 saturated heterocycles. The molecule has 0 saturated carbocycles. The van der Waals surface area contributed by atoms with Crippen LogP contribution in [0.3, 0.4) is 0 Å². The number of hydrogen-bond acceptors (Lipinski definition) is 6. The van der Waals surface area contributed by atoms with E-state index in [0.29, 0.717) is 31.2 Å². The van der Waals surface area contributed by atoms with Gasteiger partial charge in [0, 0.05) is 19.5 Å². The summed E-state index contributed by atoms with van der Waals surface area (Å²) in [6.07, 6.45) is -1.49. The molecule has 0 aromatic carbocycles. The molecule has 19 heavy (non-hydrogen) atoms. The van der Waals surface area contributed by atoms with Gasteiger partial charge in [0.2, 0.25) is 5.89 Å². The van der Waals surface area contributed by atoms with Gasteiger partial charge in [-0.3, -0.25) is 0 Å². The van der Waals surface area contributed by atoms with Crippen LogP contribution in [-0.2, 0) is 22.3 Å². The largest absolute Gasteiger partial charge is 0.375 e. The molecule has 1 aliphatic rings. The van der Waals surface area contributed by atoms with E-state index in [1.807, 2.05) is 0 Å². The predicted molar refractivity (Wildman–Crippen MR) is 61.1 cm³/mol. The van der Waals surface area contributed by atoms with Crippen molar-refractivity contribution in [1.29, 1.82) is 0 Å². The highest BCUT2D eigenvalue weighted by molar-refractivity contribution is 4.89. The number of morpholine rings is 1. The van der Waals surface area contributed by atoms with E-state index in [-0.39, 0.29) is 12.7 Å². The van der Waals surface area contributed by atoms with Crippen molar-refractivity contribution < 1.29 is 22.8 Å². The molecule has 1 aromatic heterocycles. The normalized spacial score (nSPS) is 20.1. The van der Waals surface area contributed by atoms with Crippen molar-refractivity contribution in [2.75, 3.05) is 32.9 Å². The number of alkyl halides is 2. The lowest BCUT2D eigenvalue weighted by Gasteiger charge is -2.21. The van der Waals surface area contributed by atoms with E-state index in [1.54, 1.807) is 0 Å². The maximum atomic E-state index is 11.8. The van der Waals surface area contributed by atoms with Gasteiger partial charge in [-0.2, -0.15) is 4.98 Å². The SMILES string of the molecule is FC(F)COCCc1noc(CC2CNCCO2)n1. The third-order valence-corrected chi connectivity index (χ3v) is 2.63. The summed E-state index contributed by atoms with van der Waals surface area (Å²) in [6, 6.07) is 0. The van der Waals surface area contributed by atoms with Gasteiger partial charge in [0.1, 0.15) is 6.61 Å². The smallest absolute Gasteiger partial charge is 0.261 e. The number of halogens is 2. The topological polar surface area (TPSA) is 69.4 Å². The zero-order valence-electron chi connectivity index (χ0n) is 10.5. The number of ether oxygens (including phenoxy) is 2. The van der Waals surface area contributed by atoms with Gasteiger partial charge >= 0.3 is 0 Å². The van der Waals surface area contributed by atoms with Crippen LogP contribution in [0.2, 0.25) is 0 Å². The molecule has 108 valence electrons. The molecule has 0 aliphatic carbocycles. The molecule has 1 aromatic rings. The van der Waals surface area contributed by atoms with Gasteiger partial charge in [0.25, 0.3) is 6.43 Å². The van der Waals surface area contributed by atoms with Crippen LogP contribution in [0.1, 0.15) is 11.7 Å². The molecule has 0 spiro atoms. The summed E-state index contributed by atoms with van der Waals surface area (Å²) in [5.41, 5.74) is 0. The number of aromatic nitrogens is 2. The van der Waals surface area contributed by atoms with E-state index < -0.39 is 13.0 Å². The Morgan fingerprint density at radius 2 is 2.37 bits per heavy atom. The first kappa shape index (κ1) is 14.3. The maximum Gasteiger partial charge on any atom is 0.261 e. The fourth-order valence-corrected chi connectivity index (χ4v) is 1.76. The second-order valence-corrected chi connectivity index (χ2v) is 4.22. The number of rotatable bonds is 7. The van der Waals surface area contributed by atoms with Crippen LogP contribution in [0.25, 0.3) is 0 Å². The maximum absolute atomic E-state index is 11.8. The number of nitrogens with one attached hydrogen (secondary N) is 1. The molecule has 1 N–H and O–H groups in total. The van der Waals surface area contributed by atoms with Crippen molar-refractivity contribution >= 4 is 0 Å². The second-order valence-electron chi connectivity index (χ2n) is 4.22. The van der Waals surface area contributed by atoms with Gasteiger partial charge in [0.15, 0.2) is 5.82 Å². The van der Waals surface area contributed by atoms with Crippen molar-refractivity contribution in [3.8, 4) is 0 Å². The van der Waals surface area contributed by atoms with Gasteiger partial charge in [-0.25, -0.2) is 8.78 Å². The van der Waals surface area contributed by atoms with Gasteiger partial charge in [-0.05, 0) is 0 Å². The Morgan fingerprint density at radius 1 is 1.47 bits per heavy atom. The summed E-state index contributed by atoms with van der Waals surface area (Å²) in [4.78, 5) is 4.17. The average molecular weight is 277 g/mol. The summed E-state index contributed by atoms with van der Waals surface area (Å²) >= 11 is 0. The van der Waals surface area contributed by atoms with E-state index in [4.69, 9.17) is 14.0 Å². The lowest BCUT2D eigenvalue weighted by molar-refractivity contribution is 0.0182. The Kier molecular flexibility index (Phi) is 5.62. The van der Waals surface area contributed by atoms with Crippen LogP contribution in [0.5, 0.6) is 0 Å². The quantitative estimate of drug-likeness (QED) is 0.729. The molecule has 6 nitrogen and oxygen atoms in total. The minimum absolute atomic E-state index is 0.0390.